The largest absolute Gasteiger partial charge is 0.359 e. The molecule has 2 aromatic rings. The maximum Gasteiger partial charge on any atom is 0.240 e. The van der Waals surface area contributed by atoms with Gasteiger partial charge in [0, 0.05) is 21.8 Å². The number of benzene rings is 2. The molecule has 0 radical (unpaired) electrons. The molecule has 1 amide bonds. The molecule has 2 aromatic carbocycles. The Labute approximate surface area is 152 Å². The zero-order valence-corrected chi connectivity index (χ0v) is 15.2. The van der Waals surface area contributed by atoms with Gasteiger partial charge in [0.2, 0.25) is 5.91 Å². The molecule has 0 fully saturated rings. The fraction of sp³-hybridized carbons (Fsp3) is 0.316. The number of amides is 1. The van der Waals surface area contributed by atoms with E-state index in [9.17, 15) is 4.79 Å². The lowest BCUT2D eigenvalue weighted by Crippen LogP contribution is -2.40. The van der Waals surface area contributed by atoms with Crippen LogP contribution in [-0.4, -0.2) is 18.5 Å². The first kappa shape index (κ1) is 17.1. The summed E-state index contributed by atoms with van der Waals surface area (Å²) in [6, 6.07) is 13.7. The van der Waals surface area contributed by atoms with Crippen LogP contribution in [0.4, 0.5) is 5.69 Å². The summed E-state index contributed by atoms with van der Waals surface area (Å²) in [4.78, 5) is 14.6. The molecule has 0 spiro atoms. The molecular weight excluding hydrogens is 343 g/mol. The van der Waals surface area contributed by atoms with Crippen LogP contribution >= 0.6 is 23.2 Å². The molecule has 126 valence electrons. The average molecular weight is 363 g/mol. The lowest BCUT2D eigenvalue weighted by molar-refractivity contribution is -0.120. The number of hydrogen-bond donors (Lipinski definition) is 1. The molecule has 3 rings (SSSR count). The van der Waals surface area contributed by atoms with E-state index in [0.29, 0.717) is 22.6 Å². The number of fused-ring (bicyclic) bond motifs is 1. The van der Waals surface area contributed by atoms with Gasteiger partial charge < -0.3 is 10.2 Å². The third-order valence-electron chi connectivity index (χ3n) is 4.47. The Balaban J connectivity index is 1.67. The second-order valence-corrected chi connectivity index (χ2v) is 7.11. The Morgan fingerprint density at radius 2 is 2.04 bits per heavy atom. The fourth-order valence-electron chi connectivity index (χ4n) is 3.24. The molecule has 0 saturated heterocycles. The van der Waals surface area contributed by atoms with Crippen LogP contribution in [0.2, 0.25) is 10.0 Å². The zero-order chi connectivity index (χ0) is 17.3. The zero-order valence-electron chi connectivity index (χ0n) is 13.7. The van der Waals surface area contributed by atoms with Crippen molar-refractivity contribution < 1.29 is 4.79 Å². The number of nitrogens with one attached hydrogen (secondary N) is 1. The van der Waals surface area contributed by atoms with E-state index < -0.39 is 0 Å². The van der Waals surface area contributed by atoms with Crippen molar-refractivity contribution in [2.75, 3.05) is 11.4 Å². The average Bonchev–Trinajstić information content (AvgIpc) is 2.83. The summed E-state index contributed by atoms with van der Waals surface area (Å²) < 4.78 is 0. The number of anilines is 1. The standard InChI is InChI=1S/C19H20Cl2N2O/c1-12-9-14-5-3-4-6-18(14)23(12)11-19(24)22-13(2)16-8-7-15(20)10-17(16)21/h3-8,10,12-13H,9,11H2,1-2H3,(H,22,24)/t12-,13+/m0/s1. The third kappa shape index (κ3) is 3.52. The molecular formula is C19H20Cl2N2O. The van der Waals surface area contributed by atoms with Crippen molar-refractivity contribution in [3.8, 4) is 0 Å². The Morgan fingerprint density at radius 1 is 1.29 bits per heavy atom. The number of nitrogens with zero attached hydrogens (tertiary/aromatic N) is 1. The van der Waals surface area contributed by atoms with Gasteiger partial charge >= 0.3 is 0 Å². The highest BCUT2D eigenvalue weighted by molar-refractivity contribution is 6.35. The molecule has 0 aliphatic carbocycles. The molecule has 1 N–H and O–H groups in total. The Hall–Kier alpha value is -1.71. The quantitative estimate of drug-likeness (QED) is 0.860. The normalized spacial score (nSPS) is 17.5. The highest BCUT2D eigenvalue weighted by Crippen LogP contribution is 2.31. The van der Waals surface area contributed by atoms with Crippen molar-refractivity contribution in [3.05, 3.63) is 63.6 Å². The summed E-state index contributed by atoms with van der Waals surface area (Å²) in [5.41, 5.74) is 3.31. The van der Waals surface area contributed by atoms with E-state index in [0.717, 1.165) is 17.7 Å². The van der Waals surface area contributed by atoms with Gasteiger partial charge in [0.05, 0.1) is 12.6 Å². The van der Waals surface area contributed by atoms with Crippen LogP contribution in [0.1, 0.15) is 31.0 Å². The van der Waals surface area contributed by atoms with Crippen molar-refractivity contribution in [1.82, 2.24) is 5.32 Å². The second-order valence-electron chi connectivity index (χ2n) is 6.26. The van der Waals surface area contributed by atoms with Crippen LogP contribution in [0.5, 0.6) is 0 Å². The van der Waals surface area contributed by atoms with Crippen LogP contribution < -0.4 is 10.2 Å². The number of carbonyl (C=O) groups is 1. The first-order valence-corrected chi connectivity index (χ1v) is 8.80. The van der Waals surface area contributed by atoms with E-state index in [1.807, 2.05) is 25.1 Å². The number of rotatable bonds is 4. The van der Waals surface area contributed by atoms with Gasteiger partial charge in [-0.1, -0.05) is 47.5 Å². The van der Waals surface area contributed by atoms with Gasteiger partial charge in [-0.3, -0.25) is 4.79 Å². The predicted molar refractivity (Wildman–Crippen MR) is 100.0 cm³/mol. The summed E-state index contributed by atoms with van der Waals surface area (Å²) in [6.07, 6.45) is 0.974. The smallest absolute Gasteiger partial charge is 0.240 e. The van der Waals surface area contributed by atoms with Gasteiger partial charge in [-0.2, -0.15) is 0 Å². The summed E-state index contributed by atoms with van der Waals surface area (Å²) in [7, 11) is 0. The Kier molecular flexibility index (Phi) is 5.02. The molecule has 1 heterocycles. The maximum absolute atomic E-state index is 12.5. The highest BCUT2D eigenvalue weighted by Gasteiger charge is 2.27. The predicted octanol–water partition coefficient (Wildman–Crippen LogP) is 4.62. The van der Waals surface area contributed by atoms with E-state index in [1.54, 1.807) is 12.1 Å². The molecule has 0 bridgehead atoms. The SMILES string of the molecule is C[C@@H](NC(=O)CN1c2ccccc2C[C@@H]1C)c1ccc(Cl)cc1Cl. The molecule has 5 heteroatoms. The van der Waals surface area contributed by atoms with Crippen molar-refractivity contribution in [3.63, 3.8) is 0 Å². The fourth-order valence-corrected chi connectivity index (χ4v) is 3.81. The molecule has 2 atom stereocenters. The molecule has 0 unspecified atom stereocenters. The lowest BCUT2D eigenvalue weighted by atomic mass is 10.1. The molecule has 0 saturated carbocycles. The van der Waals surface area contributed by atoms with Crippen LogP contribution in [0.15, 0.2) is 42.5 Å². The van der Waals surface area contributed by atoms with Crippen molar-refractivity contribution in [2.45, 2.75) is 32.4 Å². The molecule has 3 nitrogen and oxygen atoms in total. The Bertz CT molecular complexity index is 763. The van der Waals surface area contributed by atoms with Crippen molar-refractivity contribution >= 4 is 34.8 Å². The van der Waals surface area contributed by atoms with E-state index in [2.05, 4.69) is 29.3 Å². The Morgan fingerprint density at radius 3 is 2.79 bits per heavy atom. The van der Waals surface area contributed by atoms with E-state index in [4.69, 9.17) is 23.2 Å². The number of hydrogen-bond acceptors (Lipinski definition) is 2. The van der Waals surface area contributed by atoms with Gasteiger partial charge in [0.15, 0.2) is 0 Å². The van der Waals surface area contributed by atoms with Crippen molar-refractivity contribution in [2.24, 2.45) is 0 Å². The van der Waals surface area contributed by atoms with Crippen LogP contribution in [-0.2, 0) is 11.2 Å². The second kappa shape index (κ2) is 7.04. The molecule has 1 aliphatic rings. The number of halogens is 2. The van der Waals surface area contributed by atoms with Crippen LogP contribution in [0, 0.1) is 0 Å². The number of para-hydroxylation sites is 1. The first-order chi connectivity index (χ1) is 11.5. The molecule has 24 heavy (non-hydrogen) atoms. The highest BCUT2D eigenvalue weighted by atomic mass is 35.5. The third-order valence-corrected chi connectivity index (χ3v) is 5.03. The monoisotopic (exact) mass is 362 g/mol. The lowest BCUT2D eigenvalue weighted by Gasteiger charge is -2.25. The van der Waals surface area contributed by atoms with Gasteiger partial charge in [-0.05, 0) is 49.6 Å². The number of carbonyl (C=O) groups excluding carboxylic acids is 1. The maximum atomic E-state index is 12.5. The van der Waals surface area contributed by atoms with E-state index >= 15 is 0 Å². The summed E-state index contributed by atoms with van der Waals surface area (Å²) in [5, 5.41) is 4.18. The van der Waals surface area contributed by atoms with E-state index in [1.165, 1.54) is 5.56 Å². The first-order valence-electron chi connectivity index (χ1n) is 8.04. The molecule has 1 aliphatic heterocycles. The summed E-state index contributed by atoms with van der Waals surface area (Å²) >= 11 is 12.1. The van der Waals surface area contributed by atoms with Gasteiger partial charge in [-0.15, -0.1) is 0 Å². The van der Waals surface area contributed by atoms with Crippen LogP contribution in [0.3, 0.4) is 0 Å². The van der Waals surface area contributed by atoms with Gasteiger partial charge in [-0.25, -0.2) is 0 Å². The van der Waals surface area contributed by atoms with E-state index in [-0.39, 0.29) is 11.9 Å². The summed E-state index contributed by atoms with van der Waals surface area (Å²) in [6.45, 7) is 4.41. The summed E-state index contributed by atoms with van der Waals surface area (Å²) in [5.74, 6) is -0.0166. The minimum Gasteiger partial charge on any atom is -0.359 e. The van der Waals surface area contributed by atoms with Gasteiger partial charge in [0.25, 0.3) is 0 Å². The van der Waals surface area contributed by atoms with Crippen LogP contribution in [0.25, 0.3) is 0 Å². The molecule has 0 aromatic heterocycles. The minimum atomic E-state index is -0.171. The minimum absolute atomic E-state index is 0.0166. The van der Waals surface area contributed by atoms with Crippen molar-refractivity contribution in [1.29, 1.82) is 0 Å². The van der Waals surface area contributed by atoms with Gasteiger partial charge in [0.1, 0.15) is 0 Å². The topological polar surface area (TPSA) is 32.3 Å².